The third-order valence-electron chi connectivity index (χ3n) is 4.65. The first kappa shape index (κ1) is 17.1. The molecule has 0 aromatic rings. The van der Waals surface area contributed by atoms with Crippen molar-refractivity contribution < 1.29 is 8.42 Å². The highest BCUT2D eigenvalue weighted by molar-refractivity contribution is 7.86. The van der Waals surface area contributed by atoms with E-state index in [0.717, 1.165) is 39.0 Å². The number of nitrogens with zero attached hydrogens (tertiary/aromatic N) is 3. The second kappa shape index (κ2) is 7.37. The Hall–Kier alpha value is -0.210. The number of hydrogen-bond donors (Lipinski definition) is 1. The number of hydrogen-bond acceptors (Lipinski definition) is 4. The fourth-order valence-corrected chi connectivity index (χ4v) is 4.98. The molecule has 2 unspecified atom stereocenters. The van der Waals surface area contributed by atoms with Crippen LogP contribution in [0.1, 0.15) is 33.1 Å². The summed E-state index contributed by atoms with van der Waals surface area (Å²) >= 11 is 0. The van der Waals surface area contributed by atoms with E-state index >= 15 is 0 Å². The lowest BCUT2D eigenvalue weighted by atomic mass is 10.1. The molecule has 2 aliphatic heterocycles. The fraction of sp³-hybridized carbons (Fsp3) is 1.00. The van der Waals surface area contributed by atoms with Gasteiger partial charge in [-0.15, -0.1) is 0 Å². The summed E-state index contributed by atoms with van der Waals surface area (Å²) in [6.07, 6.45) is 3.17. The summed E-state index contributed by atoms with van der Waals surface area (Å²) in [4.78, 5) is 2.45. The van der Waals surface area contributed by atoms with Crippen molar-refractivity contribution in [1.29, 1.82) is 0 Å². The summed E-state index contributed by atoms with van der Waals surface area (Å²) < 4.78 is 28.8. The molecule has 0 amide bonds. The molecule has 6 nitrogen and oxygen atoms in total. The Bertz CT molecular complexity index is 429. The monoisotopic (exact) mass is 318 g/mol. The predicted molar refractivity (Wildman–Crippen MR) is 85.5 cm³/mol. The molecule has 0 radical (unpaired) electrons. The SMILES string of the molecule is CCNCCCN(C)S(=O)(=O)N1CC2CCCN2CC1C. The van der Waals surface area contributed by atoms with Crippen molar-refractivity contribution in [1.82, 2.24) is 18.8 Å². The van der Waals surface area contributed by atoms with Crippen molar-refractivity contribution in [3.05, 3.63) is 0 Å². The van der Waals surface area contributed by atoms with Crippen molar-refractivity contribution >= 4 is 10.2 Å². The van der Waals surface area contributed by atoms with Gasteiger partial charge in [-0.3, -0.25) is 4.90 Å². The van der Waals surface area contributed by atoms with Gasteiger partial charge in [0.15, 0.2) is 0 Å². The van der Waals surface area contributed by atoms with E-state index in [1.165, 1.54) is 10.7 Å². The van der Waals surface area contributed by atoms with E-state index in [4.69, 9.17) is 0 Å². The predicted octanol–water partition coefficient (Wildman–Crippen LogP) is 0.331. The summed E-state index contributed by atoms with van der Waals surface area (Å²) in [6, 6.07) is 0.492. The van der Waals surface area contributed by atoms with Gasteiger partial charge >= 0.3 is 0 Å². The van der Waals surface area contributed by atoms with E-state index in [-0.39, 0.29) is 6.04 Å². The van der Waals surface area contributed by atoms with Crippen molar-refractivity contribution in [2.45, 2.75) is 45.2 Å². The zero-order chi connectivity index (χ0) is 15.5. The zero-order valence-corrected chi connectivity index (χ0v) is 14.4. The van der Waals surface area contributed by atoms with Crippen LogP contribution < -0.4 is 5.32 Å². The van der Waals surface area contributed by atoms with Gasteiger partial charge in [-0.2, -0.15) is 17.0 Å². The first-order valence-electron chi connectivity index (χ1n) is 8.14. The number of rotatable bonds is 7. The summed E-state index contributed by atoms with van der Waals surface area (Å²) in [5, 5.41) is 3.23. The molecule has 0 saturated carbocycles. The summed E-state index contributed by atoms with van der Waals surface area (Å²) in [5.41, 5.74) is 0. The molecule has 7 heteroatoms. The van der Waals surface area contributed by atoms with Crippen LogP contribution in [0.4, 0.5) is 0 Å². The van der Waals surface area contributed by atoms with Gasteiger partial charge in [0, 0.05) is 38.8 Å². The molecule has 0 spiro atoms. The summed E-state index contributed by atoms with van der Waals surface area (Å²) in [7, 11) is -1.62. The van der Waals surface area contributed by atoms with Gasteiger partial charge < -0.3 is 5.32 Å². The molecule has 0 aliphatic carbocycles. The van der Waals surface area contributed by atoms with E-state index in [1.54, 1.807) is 11.4 Å². The van der Waals surface area contributed by atoms with Crippen molar-refractivity contribution in [3.63, 3.8) is 0 Å². The van der Waals surface area contributed by atoms with Gasteiger partial charge in [-0.05, 0) is 45.8 Å². The van der Waals surface area contributed by atoms with Crippen LogP contribution in [-0.2, 0) is 10.2 Å². The number of fused-ring (bicyclic) bond motifs is 1. The highest BCUT2D eigenvalue weighted by Crippen LogP contribution is 2.27. The molecule has 2 aliphatic rings. The van der Waals surface area contributed by atoms with Gasteiger partial charge in [0.05, 0.1) is 0 Å². The quantitative estimate of drug-likeness (QED) is 0.688. The average Bonchev–Trinajstić information content (AvgIpc) is 2.89. The minimum absolute atomic E-state index is 0.0700. The Labute approximate surface area is 129 Å². The largest absolute Gasteiger partial charge is 0.317 e. The topological polar surface area (TPSA) is 55.9 Å². The Morgan fingerprint density at radius 2 is 2.10 bits per heavy atom. The Balaban J connectivity index is 1.94. The van der Waals surface area contributed by atoms with Gasteiger partial charge in [0.2, 0.25) is 0 Å². The minimum atomic E-state index is -3.32. The molecule has 0 bridgehead atoms. The van der Waals surface area contributed by atoms with E-state index in [0.29, 0.717) is 19.1 Å². The zero-order valence-electron chi connectivity index (χ0n) is 13.6. The normalized spacial score (nSPS) is 28.2. The third kappa shape index (κ3) is 3.96. The van der Waals surface area contributed by atoms with Gasteiger partial charge in [-0.25, -0.2) is 0 Å². The molecule has 2 saturated heterocycles. The molecule has 124 valence electrons. The maximum absolute atomic E-state index is 12.8. The van der Waals surface area contributed by atoms with E-state index in [9.17, 15) is 8.42 Å². The maximum Gasteiger partial charge on any atom is 0.282 e. The first-order valence-corrected chi connectivity index (χ1v) is 9.54. The Kier molecular flexibility index (Phi) is 6.02. The standard InChI is InChI=1S/C14H30N4O2S/c1-4-15-8-6-9-16(3)21(19,20)18-12-14-7-5-10-17(14)11-13(18)2/h13-15H,4-12H2,1-3H3. The van der Waals surface area contributed by atoms with Gasteiger partial charge in [0.1, 0.15) is 0 Å². The van der Waals surface area contributed by atoms with Crippen LogP contribution in [0.2, 0.25) is 0 Å². The lowest BCUT2D eigenvalue weighted by molar-refractivity contribution is 0.112. The van der Waals surface area contributed by atoms with Crippen molar-refractivity contribution in [2.24, 2.45) is 0 Å². The average molecular weight is 318 g/mol. The van der Waals surface area contributed by atoms with Crippen molar-refractivity contribution in [2.75, 3.05) is 46.3 Å². The second-order valence-corrected chi connectivity index (χ2v) is 8.23. The molecular formula is C14H30N4O2S. The van der Waals surface area contributed by atoms with Crippen LogP contribution in [0.25, 0.3) is 0 Å². The van der Waals surface area contributed by atoms with Crippen LogP contribution in [0.15, 0.2) is 0 Å². The number of piperazine rings is 1. The van der Waals surface area contributed by atoms with E-state index in [2.05, 4.69) is 17.1 Å². The van der Waals surface area contributed by atoms with Crippen LogP contribution >= 0.6 is 0 Å². The van der Waals surface area contributed by atoms with Gasteiger partial charge in [0.25, 0.3) is 10.2 Å². The van der Waals surface area contributed by atoms with Gasteiger partial charge in [-0.1, -0.05) is 6.92 Å². The molecular weight excluding hydrogens is 288 g/mol. The third-order valence-corrected chi connectivity index (χ3v) is 6.72. The fourth-order valence-electron chi connectivity index (χ4n) is 3.38. The van der Waals surface area contributed by atoms with Crippen LogP contribution in [0.3, 0.4) is 0 Å². The van der Waals surface area contributed by atoms with Crippen LogP contribution in [0, 0.1) is 0 Å². The highest BCUT2D eigenvalue weighted by atomic mass is 32.2. The molecule has 1 N–H and O–H groups in total. The van der Waals surface area contributed by atoms with E-state index < -0.39 is 10.2 Å². The van der Waals surface area contributed by atoms with Crippen molar-refractivity contribution in [3.8, 4) is 0 Å². The molecule has 0 aromatic carbocycles. The second-order valence-electron chi connectivity index (χ2n) is 6.25. The molecule has 2 rings (SSSR count). The van der Waals surface area contributed by atoms with Crippen LogP contribution in [-0.4, -0.2) is 80.3 Å². The molecule has 21 heavy (non-hydrogen) atoms. The molecule has 2 atom stereocenters. The van der Waals surface area contributed by atoms with Crippen LogP contribution in [0.5, 0.6) is 0 Å². The highest BCUT2D eigenvalue weighted by Gasteiger charge is 2.40. The van der Waals surface area contributed by atoms with E-state index in [1.807, 2.05) is 6.92 Å². The molecule has 2 fully saturated rings. The summed E-state index contributed by atoms with van der Waals surface area (Å²) in [6.45, 7) is 9.10. The smallest absolute Gasteiger partial charge is 0.282 e. The Morgan fingerprint density at radius 3 is 2.81 bits per heavy atom. The maximum atomic E-state index is 12.8. The lowest BCUT2D eigenvalue weighted by Crippen LogP contribution is -2.59. The molecule has 2 heterocycles. The minimum Gasteiger partial charge on any atom is -0.317 e. The summed E-state index contributed by atoms with van der Waals surface area (Å²) in [5.74, 6) is 0. The molecule has 0 aromatic heterocycles. The number of nitrogens with one attached hydrogen (secondary N) is 1. The Morgan fingerprint density at radius 1 is 1.33 bits per heavy atom. The lowest BCUT2D eigenvalue weighted by Gasteiger charge is -2.42. The first-order chi connectivity index (χ1) is 9.96.